The van der Waals surface area contributed by atoms with Crippen molar-refractivity contribution in [1.82, 2.24) is 9.38 Å². The van der Waals surface area contributed by atoms with Gasteiger partial charge < -0.3 is 4.40 Å². The van der Waals surface area contributed by atoms with Crippen molar-refractivity contribution in [3.05, 3.63) is 36.3 Å². The van der Waals surface area contributed by atoms with Gasteiger partial charge in [-0.3, -0.25) is 4.18 Å². The van der Waals surface area contributed by atoms with Gasteiger partial charge in [-0.25, -0.2) is 4.98 Å². The molecular weight excluding hydrogens is 240 g/mol. The average molecular weight is 254 g/mol. The van der Waals surface area contributed by atoms with Crippen molar-refractivity contribution in [2.75, 3.05) is 12.9 Å². The van der Waals surface area contributed by atoms with Crippen LogP contribution in [0.25, 0.3) is 5.65 Å². The molecule has 0 aliphatic heterocycles. The summed E-state index contributed by atoms with van der Waals surface area (Å²) in [6.07, 6.45) is 6.10. The molecule has 0 unspecified atom stereocenters. The van der Waals surface area contributed by atoms with Gasteiger partial charge in [0, 0.05) is 18.1 Å². The Bertz CT molecular complexity index is 604. The lowest BCUT2D eigenvalue weighted by atomic mass is 10.2. The van der Waals surface area contributed by atoms with Crippen LogP contribution in [0.1, 0.15) is 12.1 Å². The molecule has 0 atom stereocenters. The van der Waals surface area contributed by atoms with E-state index in [0.29, 0.717) is 6.42 Å². The molecule has 0 aliphatic carbocycles. The van der Waals surface area contributed by atoms with Gasteiger partial charge in [0.2, 0.25) is 0 Å². The second-order valence-electron chi connectivity index (χ2n) is 3.80. The molecule has 0 spiro atoms. The van der Waals surface area contributed by atoms with Crippen molar-refractivity contribution in [1.29, 1.82) is 0 Å². The fraction of sp³-hybridized carbons (Fsp3) is 0.364. The second-order valence-corrected chi connectivity index (χ2v) is 5.45. The van der Waals surface area contributed by atoms with Crippen LogP contribution < -0.4 is 0 Å². The summed E-state index contributed by atoms with van der Waals surface area (Å²) in [5.74, 6) is 0. The summed E-state index contributed by atoms with van der Waals surface area (Å²) in [5.41, 5.74) is 1.99. The Morgan fingerprint density at radius 1 is 1.41 bits per heavy atom. The van der Waals surface area contributed by atoms with E-state index < -0.39 is 10.1 Å². The van der Waals surface area contributed by atoms with E-state index in [0.717, 1.165) is 24.0 Å². The molecule has 2 heterocycles. The molecule has 0 bridgehead atoms. The van der Waals surface area contributed by atoms with Crippen LogP contribution in [0.5, 0.6) is 0 Å². The molecule has 5 nitrogen and oxygen atoms in total. The van der Waals surface area contributed by atoms with Gasteiger partial charge in [0.1, 0.15) is 5.65 Å². The van der Waals surface area contributed by atoms with Crippen LogP contribution in [0.15, 0.2) is 30.6 Å². The Kier molecular flexibility index (Phi) is 3.44. The highest BCUT2D eigenvalue weighted by Gasteiger charge is 2.03. The number of rotatable bonds is 5. The minimum Gasteiger partial charge on any atom is -0.304 e. The zero-order valence-electron chi connectivity index (χ0n) is 9.54. The van der Waals surface area contributed by atoms with Crippen LogP contribution in [-0.4, -0.2) is 30.7 Å². The smallest absolute Gasteiger partial charge is 0.264 e. The molecule has 0 N–H and O–H groups in total. The SMILES string of the molecule is CS(=O)(=O)OCCCc1cccc2nccn12. The lowest BCUT2D eigenvalue weighted by molar-refractivity contribution is 0.315. The third-order valence-corrected chi connectivity index (χ3v) is 2.98. The first kappa shape index (κ1) is 12.1. The summed E-state index contributed by atoms with van der Waals surface area (Å²) in [5, 5.41) is 0. The number of hydrogen-bond acceptors (Lipinski definition) is 4. The van der Waals surface area contributed by atoms with Gasteiger partial charge in [-0.2, -0.15) is 8.42 Å². The molecule has 0 saturated heterocycles. The molecule has 2 aromatic rings. The lowest BCUT2D eigenvalue weighted by Gasteiger charge is -2.05. The van der Waals surface area contributed by atoms with Crippen LogP contribution in [0.4, 0.5) is 0 Å². The first-order valence-corrected chi connectivity index (χ1v) is 7.13. The third kappa shape index (κ3) is 3.28. The minimum absolute atomic E-state index is 0.212. The molecule has 6 heteroatoms. The second kappa shape index (κ2) is 4.85. The van der Waals surface area contributed by atoms with Gasteiger partial charge >= 0.3 is 0 Å². The lowest BCUT2D eigenvalue weighted by Crippen LogP contribution is -2.06. The van der Waals surface area contributed by atoms with Gasteiger partial charge in [-0.15, -0.1) is 0 Å². The van der Waals surface area contributed by atoms with E-state index in [1.54, 1.807) is 6.20 Å². The summed E-state index contributed by atoms with van der Waals surface area (Å²) in [6, 6.07) is 5.86. The number of aryl methyl sites for hydroxylation is 1. The minimum atomic E-state index is -3.33. The van der Waals surface area contributed by atoms with Crippen LogP contribution in [-0.2, 0) is 20.7 Å². The monoisotopic (exact) mass is 254 g/mol. The van der Waals surface area contributed by atoms with Crippen LogP contribution in [0.2, 0.25) is 0 Å². The Hall–Kier alpha value is -1.40. The summed E-state index contributed by atoms with van der Waals surface area (Å²) in [6.45, 7) is 0.212. The number of aromatic nitrogens is 2. The topological polar surface area (TPSA) is 60.7 Å². The van der Waals surface area contributed by atoms with Gasteiger partial charge in [-0.05, 0) is 25.0 Å². The molecule has 0 aromatic carbocycles. The zero-order valence-corrected chi connectivity index (χ0v) is 10.4. The van der Waals surface area contributed by atoms with Crippen molar-refractivity contribution in [3.63, 3.8) is 0 Å². The standard InChI is InChI=1S/C11H14N2O3S/c1-17(14,15)16-9-3-5-10-4-2-6-11-12-7-8-13(10)11/h2,4,6-8H,3,5,9H2,1H3. The van der Waals surface area contributed by atoms with Crippen molar-refractivity contribution in [2.45, 2.75) is 12.8 Å². The summed E-state index contributed by atoms with van der Waals surface area (Å²) in [4.78, 5) is 4.18. The highest BCUT2D eigenvalue weighted by Crippen LogP contribution is 2.08. The van der Waals surface area contributed by atoms with E-state index in [-0.39, 0.29) is 6.61 Å². The molecular formula is C11H14N2O3S. The van der Waals surface area contributed by atoms with Crippen LogP contribution in [0, 0.1) is 0 Å². The Morgan fingerprint density at radius 2 is 2.24 bits per heavy atom. The van der Waals surface area contributed by atoms with E-state index in [1.165, 1.54) is 0 Å². The quantitative estimate of drug-likeness (QED) is 0.595. The predicted molar refractivity (Wildman–Crippen MR) is 64.3 cm³/mol. The molecule has 92 valence electrons. The van der Waals surface area contributed by atoms with Gasteiger partial charge in [-0.1, -0.05) is 6.07 Å². The summed E-state index contributed by atoms with van der Waals surface area (Å²) in [7, 11) is -3.33. The number of imidazole rings is 1. The van der Waals surface area contributed by atoms with E-state index in [9.17, 15) is 8.42 Å². The van der Waals surface area contributed by atoms with Gasteiger partial charge in [0.15, 0.2) is 0 Å². The Balaban J connectivity index is 1.97. The molecule has 2 rings (SSSR count). The zero-order chi connectivity index (χ0) is 12.3. The van der Waals surface area contributed by atoms with Crippen molar-refractivity contribution in [3.8, 4) is 0 Å². The van der Waals surface area contributed by atoms with E-state index >= 15 is 0 Å². The maximum atomic E-state index is 10.8. The third-order valence-electron chi connectivity index (χ3n) is 2.39. The Labute approximate surface area is 100 Å². The molecule has 0 amide bonds. The largest absolute Gasteiger partial charge is 0.304 e. The average Bonchev–Trinajstić information content (AvgIpc) is 2.71. The van der Waals surface area contributed by atoms with Gasteiger partial charge in [0.05, 0.1) is 12.9 Å². The fourth-order valence-electron chi connectivity index (χ4n) is 1.67. The molecule has 2 aromatic heterocycles. The molecule has 17 heavy (non-hydrogen) atoms. The molecule has 0 saturated carbocycles. The van der Waals surface area contributed by atoms with E-state index in [4.69, 9.17) is 4.18 Å². The molecule has 0 radical (unpaired) electrons. The Morgan fingerprint density at radius 3 is 3.00 bits per heavy atom. The first-order valence-electron chi connectivity index (χ1n) is 5.32. The van der Waals surface area contributed by atoms with E-state index in [1.807, 2.05) is 28.8 Å². The van der Waals surface area contributed by atoms with Crippen LogP contribution >= 0.6 is 0 Å². The highest BCUT2D eigenvalue weighted by atomic mass is 32.2. The molecule has 0 fully saturated rings. The number of hydrogen-bond donors (Lipinski definition) is 0. The number of nitrogens with zero attached hydrogens (tertiary/aromatic N) is 2. The predicted octanol–water partition coefficient (Wildman–Crippen LogP) is 1.24. The fourth-order valence-corrected chi connectivity index (χ4v) is 2.09. The summed E-state index contributed by atoms with van der Waals surface area (Å²) < 4.78 is 28.2. The van der Waals surface area contributed by atoms with Gasteiger partial charge in [0.25, 0.3) is 10.1 Å². The normalized spacial score (nSPS) is 12.1. The maximum Gasteiger partial charge on any atom is 0.264 e. The van der Waals surface area contributed by atoms with Crippen molar-refractivity contribution in [2.24, 2.45) is 0 Å². The summed E-state index contributed by atoms with van der Waals surface area (Å²) >= 11 is 0. The first-order chi connectivity index (χ1) is 8.06. The molecule has 0 aliphatic rings. The van der Waals surface area contributed by atoms with Crippen molar-refractivity contribution < 1.29 is 12.6 Å². The highest BCUT2D eigenvalue weighted by molar-refractivity contribution is 7.85. The number of pyridine rings is 1. The number of fused-ring (bicyclic) bond motifs is 1. The van der Waals surface area contributed by atoms with E-state index in [2.05, 4.69) is 4.98 Å². The van der Waals surface area contributed by atoms with Crippen molar-refractivity contribution >= 4 is 15.8 Å². The maximum absolute atomic E-state index is 10.8. The van der Waals surface area contributed by atoms with Crippen LogP contribution in [0.3, 0.4) is 0 Å².